The minimum Gasteiger partial charge on any atom is -0.507 e. The fourth-order valence-corrected chi connectivity index (χ4v) is 1.57. The molecule has 0 aromatic heterocycles. The van der Waals surface area contributed by atoms with E-state index in [1.807, 2.05) is 0 Å². The Morgan fingerprint density at radius 2 is 1.46 bits per heavy atom. The molecule has 2 aromatic carbocycles. The van der Waals surface area contributed by atoms with Crippen LogP contribution in [0.3, 0.4) is 0 Å². The Bertz CT molecular complexity index is 695. The summed E-state index contributed by atoms with van der Waals surface area (Å²) in [5.41, 5.74) is 0.0821. The number of phenols is 2. The van der Waals surface area contributed by atoms with Gasteiger partial charge in [-0.2, -0.15) is 0 Å². The molecular formula is C17H20O7. The zero-order chi connectivity index (χ0) is 17.4. The standard InChI is InChI=1S/C8H8O4.C8H8O3.CH4/c1-12-5-2-3-7(9)6(4-5)8(10)11;1-11-7-2-3-8(10)6(4-7)5-9;/h2-4,9H,1H3,(H,10,11);2-5,10H,1H3;1H4. The van der Waals surface area contributed by atoms with E-state index in [4.69, 9.17) is 24.8 Å². The second kappa shape index (κ2) is 9.73. The smallest absolute Gasteiger partial charge is 0.339 e. The van der Waals surface area contributed by atoms with Gasteiger partial charge in [-0.15, -0.1) is 0 Å². The van der Waals surface area contributed by atoms with Crippen molar-refractivity contribution in [1.82, 2.24) is 0 Å². The SMILES string of the molecule is C.COc1ccc(O)c(C(=O)O)c1.COc1ccc(O)c(C=O)c1. The lowest BCUT2D eigenvalue weighted by Crippen LogP contribution is -1.97. The minimum atomic E-state index is -1.17. The van der Waals surface area contributed by atoms with Crippen molar-refractivity contribution in [2.45, 2.75) is 7.43 Å². The van der Waals surface area contributed by atoms with Gasteiger partial charge in [-0.3, -0.25) is 4.79 Å². The average molecular weight is 336 g/mol. The second-order valence-corrected chi connectivity index (χ2v) is 4.23. The summed E-state index contributed by atoms with van der Waals surface area (Å²) in [4.78, 5) is 20.8. The third-order valence-electron chi connectivity index (χ3n) is 2.80. The first-order valence-corrected chi connectivity index (χ1v) is 6.35. The van der Waals surface area contributed by atoms with Crippen LogP contribution < -0.4 is 9.47 Å². The molecule has 0 saturated carbocycles. The van der Waals surface area contributed by atoms with Gasteiger partial charge in [0.15, 0.2) is 6.29 Å². The Morgan fingerprint density at radius 1 is 0.958 bits per heavy atom. The summed E-state index contributed by atoms with van der Waals surface area (Å²) < 4.78 is 9.63. The highest BCUT2D eigenvalue weighted by Crippen LogP contribution is 2.22. The van der Waals surface area contributed by atoms with Crippen molar-refractivity contribution in [2.24, 2.45) is 0 Å². The average Bonchev–Trinajstić information content (AvgIpc) is 2.56. The highest BCUT2D eigenvalue weighted by molar-refractivity contribution is 5.91. The molecule has 3 N–H and O–H groups in total. The molecule has 0 aliphatic heterocycles. The molecule has 0 unspecified atom stereocenters. The lowest BCUT2D eigenvalue weighted by Gasteiger charge is -2.02. The van der Waals surface area contributed by atoms with Gasteiger partial charge in [0.05, 0.1) is 19.8 Å². The Labute approximate surface area is 139 Å². The van der Waals surface area contributed by atoms with Crippen LogP contribution in [-0.2, 0) is 0 Å². The maximum Gasteiger partial charge on any atom is 0.339 e. The number of aldehydes is 1. The zero-order valence-corrected chi connectivity index (χ0v) is 12.5. The number of phenolic OH excluding ortho intramolecular Hbond substituents is 1. The van der Waals surface area contributed by atoms with Crippen LogP contribution in [0.2, 0.25) is 0 Å². The van der Waals surface area contributed by atoms with Gasteiger partial charge in [0, 0.05) is 0 Å². The largest absolute Gasteiger partial charge is 0.507 e. The third-order valence-corrected chi connectivity index (χ3v) is 2.80. The molecular weight excluding hydrogens is 316 g/mol. The van der Waals surface area contributed by atoms with Gasteiger partial charge >= 0.3 is 5.97 Å². The molecule has 24 heavy (non-hydrogen) atoms. The first-order chi connectivity index (χ1) is 10.9. The lowest BCUT2D eigenvalue weighted by atomic mass is 10.2. The number of hydrogen-bond donors (Lipinski definition) is 3. The number of aromatic carboxylic acids is 1. The van der Waals surface area contributed by atoms with Gasteiger partial charge in [-0.05, 0) is 36.4 Å². The number of rotatable bonds is 4. The fraction of sp³-hybridized carbons (Fsp3) is 0.176. The molecule has 2 aromatic rings. The molecule has 0 aliphatic rings. The minimum absolute atomic E-state index is 0. The van der Waals surface area contributed by atoms with Crippen molar-refractivity contribution in [3.8, 4) is 23.0 Å². The van der Waals surface area contributed by atoms with Gasteiger partial charge in [0.1, 0.15) is 28.6 Å². The van der Waals surface area contributed by atoms with E-state index < -0.39 is 5.97 Å². The van der Waals surface area contributed by atoms with Crippen LogP contribution in [0, 0.1) is 0 Å². The molecule has 0 bridgehead atoms. The number of carbonyl (C=O) groups excluding carboxylic acids is 1. The van der Waals surface area contributed by atoms with E-state index in [-0.39, 0.29) is 30.1 Å². The van der Waals surface area contributed by atoms with E-state index in [0.717, 1.165) is 0 Å². The number of carbonyl (C=O) groups is 2. The number of carboxylic acid groups (broad SMARTS) is 1. The summed E-state index contributed by atoms with van der Waals surface area (Å²) in [7, 11) is 2.93. The monoisotopic (exact) mass is 336 g/mol. The second-order valence-electron chi connectivity index (χ2n) is 4.23. The van der Waals surface area contributed by atoms with Crippen molar-refractivity contribution in [3.63, 3.8) is 0 Å². The summed E-state index contributed by atoms with van der Waals surface area (Å²) in [5.74, 6) is -0.495. The summed E-state index contributed by atoms with van der Waals surface area (Å²) in [6.07, 6.45) is 0.581. The summed E-state index contributed by atoms with van der Waals surface area (Å²) in [6.45, 7) is 0. The van der Waals surface area contributed by atoms with E-state index in [2.05, 4.69) is 0 Å². The molecule has 0 atom stereocenters. The molecule has 7 heteroatoms. The van der Waals surface area contributed by atoms with Crippen molar-refractivity contribution in [3.05, 3.63) is 47.5 Å². The van der Waals surface area contributed by atoms with E-state index in [1.165, 1.54) is 44.6 Å². The van der Waals surface area contributed by atoms with Gasteiger partial charge < -0.3 is 24.8 Å². The quantitative estimate of drug-likeness (QED) is 0.736. The summed E-state index contributed by atoms with van der Waals surface area (Å²) >= 11 is 0. The predicted molar refractivity (Wildman–Crippen MR) is 88.4 cm³/mol. The Hall–Kier alpha value is -3.22. The van der Waals surface area contributed by atoms with Crippen LogP contribution in [0.1, 0.15) is 28.1 Å². The number of hydrogen-bond acceptors (Lipinski definition) is 6. The van der Waals surface area contributed by atoms with Crippen molar-refractivity contribution in [2.75, 3.05) is 14.2 Å². The van der Waals surface area contributed by atoms with E-state index in [9.17, 15) is 9.59 Å². The van der Waals surface area contributed by atoms with Gasteiger partial charge in [-0.25, -0.2) is 4.79 Å². The molecule has 0 radical (unpaired) electrons. The van der Waals surface area contributed by atoms with E-state index in [1.54, 1.807) is 6.07 Å². The lowest BCUT2D eigenvalue weighted by molar-refractivity contribution is 0.0693. The topological polar surface area (TPSA) is 113 Å². The molecule has 130 valence electrons. The van der Waals surface area contributed by atoms with Gasteiger partial charge in [-0.1, -0.05) is 7.43 Å². The molecule has 0 spiro atoms. The molecule has 0 saturated heterocycles. The molecule has 0 amide bonds. The normalized spacial score (nSPS) is 8.92. The Balaban J connectivity index is 0.000000425. The summed E-state index contributed by atoms with van der Waals surface area (Å²) in [5, 5.41) is 26.7. The van der Waals surface area contributed by atoms with Crippen LogP contribution in [0.15, 0.2) is 36.4 Å². The summed E-state index contributed by atoms with van der Waals surface area (Å²) in [6, 6.07) is 8.51. The van der Waals surface area contributed by atoms with Crippen molar-refractivity contribution < 1.29 is 34.4 Å². The maximum atomic E-state index is 10.5. The highest BCUT2D eigenvalue weighted by atomic mass is 16.5. The van der Waals surface area contributed by atoms with Crippen molar-refractivity contribution in [1.29, 1.82) is 0 Å². The van der Waals surface area contributed by atoms with Crippen LogP contribution in [0.5, 0.6) is 23.0 Å². The molecule has 0 fully saturated rings. The van der Waals surface area contributed by atoms with Gasteiger partial charge in [0.2, 0.25) is 0 Å². The van der Waals surface area contributed by atoms with Crippen LogP contribution >= 0.6 is 0 Å². The first kappa shape index (κ1) is 20.8. The molecule has 0 aliphatic carbocycles. The third kappa shape index (κ3) is 5.53. The van der Waals surface area contributed by atoms with Crippen LogP contribution in [0.25, 0.3) is 0 Å². The fourth-order valence-electron chi connectivity index (χ4n) is 1.57. The number of methoxy groups -OCH3 is 2. The molecule has 0 heterocycles. The van der Waals surface area contributed by atoms with Crippen molar-refractivity contribution >= 4 is 12.3 Å². The number of benzene rings is 2. The first-order valence-electron chi connectivity index (χ1n) is 6.35. The molecule has 7 nitrogen and oxygen atoms in total. The van der Waals surface area contributed by atoms with Gasteiger partial charge in [0.25, 0.3) is 0 Å². The zero-order valence-electron chi connectivity index (χ0n) is 12.5. The van der Waals surface area contributed by atoms with E-state index in [0.29, 0.717) is 17.8 Å². The van der Waals surface area contributed by atoms with Crippen LogP contribution in [0.4, 0.5) is 0 Å². The number of carboxylic acids is 1. The maximum absolute atomic E-state index is 10.5. The Kier molecular flexibility index (Phi) is 8.42. The highest BCUT2D eigenvalue weighted by Gasteiger charge is 2.09. The number of ether oxygens (including phenoxy) is 2. The van der Waals surface area contributed by atoms with Crippen LogP contribution in [-0.4, -0.2) is 41.8 Å². The van der Waals surface area contributed by atoms with E-state index >= 15 is 0 Å². The molecule has 2 rings (SSSR count). The number of aromatic hydroxyl groups is 2. The Morgan fingerprint density at radius 3 is 1.92 bits per heavy atom. The predicted octanol–water partition coefficient (Wildman–Crippen LogP) is 2.95.